The number of ether oxygens (including phenoxy) is 1. The molecular formula is C14H17BrO2. The van der Waals surface area contributed by atoms with Crippen molar-refractivity contribution in [3.8, 4) is 0 Å². The van der Waals surface area contributed by atoms with E-state index in [1.165, 1.54) is 11.6 Å². The first-order valence-electron chi connectivity index (χ1n) is 5.72. The van der Waals surface area contributed by atoms with Crippen molar-refractivity contribution in [3.63, 3.8) is 0 Å². The molecule has 0 aromatic heterocycles. The standard InChI is InChI=1S/C14H17BrO2/c1-3-17-14(16)6-4-5-11(2)12-7-9-13(15)10-8-12/h4,6-11H,3,5H2,1-2H3/b6-4+. The van der Waals surface area contributed by atoms with Gasteiger partial charge in [0.25, 0.3) is 0 Å². The largest absolute Gasteiger partial charge is 0.463 e. The second-order valence-electron chi connectivity index (χ2n) is 3.84. The topological polar surface area (TPSA) is 26.3 Å². The molecule has 1 rings (SSSR count). The van der Waals surface area contributed by atoms with Crippen molar-refractivity contribution < 1.29 is 9.53 Å². The minimum Gasteiger partial charge on any atom is -0.463 e. The molecule has 0 saturated heterocycles. The Morgan fingerprint density at radius 1 is 1.41 bits per heavy atom. The zero-order chi connectivity index (χ0) is 12.7. The van der Waals surface area contributed by atoms with Crippen molar-refractivity contribution >= 4 is 21.9 Å². The lowest BCUT2D eigenvalue weighted by Crippen LogP contribution is -1.99. The normalized spacial score (nSPS) is 12.6. The molecule has 1 unspecified atom stereocenters. The molecule has 1 aromatic carbocycles. The molecule has 2 nitrogen and oxygen atoms in total. The van der Waals surface area contributed by atoms with Crippen LogP contribution >= 0.6 is 15.9 Å². The third kappa shape index (κ3) is 5.18. The number of rotatable bonds is 5. The van der Waals surface area contributed by atoms with Crippen LogP contribution in [0.1, 0.15) is 31.7 Å². The molecule has 1 aromatic rings. The fourth-order valence-electron chi connectivity index (χ4n) is 1.49. The molecule has 3 heteroatoms. The van der Waals surface area contributed by atoms with Crippen molar-refractivity contribution in [3.05, 3.63) is 46.5 Å². The Bertz CT molecular complexity index is 382. The molecule has 0 aliphatic carbocycles. The molecule has 0 fully saturated rings. The fourth-order valence-corrected chi connectivity index (χ4v) is 1.75. The Kier molecular flexibility index (Phi) is 5.98. The molecule has 0 radical (unpaired) electrons. The zero-order valence-electron chi connectivity index (χ0n) is 10.2. The maximum absolute atomic E-state index is 11.1. The van der Waals surface area contributed by atoms with Crippen LogP contribution in [-0.4, -0.2) is 12.6 Å². The molecule has 0 amide bonds. The lowest BCUT2D eigenvalue weighted by molar-refractivity contribution is -0.137. The van der Waals surface area contributed by atoms with E-state index in [1.807, 2.05) is 18.2 Å². The average molecular weight is 297 g/mol. The van der Waals surface area contributed by atoms with Crippen LogP contribution in [0, 0.1) is 0 Å². The molecule has 0 heterocycles. The first-order chi connectivity index (χ1) is 8.13. The Balaban J connectivity index is 2.47. The Morgan fingerprint density at radius 2 is 2.06 bits per heavy atom. The van der Waals surface area contributed by atoms with Crippen molar-refractivity contribution in [2.75, 3.05) is 6.61 Å². The van der Waals surface area contributed by atoms with Crippen LogP contribution in [0.15, 0.2) is 40.9 Å². The van der Waals surface area contributed by atoms with Gasteiger partial charge in [-0.25, -0.2) is 4.79 Å². The van der Waals surface area contributed by atoms with Gasteiger partial charge in [-0.2, -0.15) is 0 Å². The summed E-state index contributed by atoms with van der Waals surface area (Å²) < 4.78 is 5.89. The molecule has 17 heavy (non-hydrogen) atoms. The summed E-state index contributed by atoms with van der Waals surface area (Å²) in [6, 6.07) is 8.24. The molecule has 92 valence electrons. The third-order valence-electron chi connectivity index (χ3n) is 2.47. The molecule has 1 atom stereocenters. The van der Waals surface area contributed by atoms with Gasteiger partial charge in [-0.3, -0.25) is 0 Å². The second kappa shape index (κ2) is 7.28. The smallest absolute Gasteiger partial charge is 0.330 e. The Morgan fingerprint density at radius 3 is 2.65 bits per heavy atom. The zero-order valence-corrected chi connectivity index (χ0v) is 11.7. The van der Waals surface area contributed by atoms with Crippen LogP contribution in [0.2, 0.25) is 0 Å². The van der Waals surface area contributed by atoms with E-state index in [0.717, 1.165) is 10.9 Å². The maximum Gasteiger partial charge on any atom is 0.330 e. The molecule has 0 aliphatic heterocycles. The van der Waals surface area contributed by atoms with Gasteiger partial charge < -0.3 is 4.74 Å². The highest BCUT2D eigenvalue weighted by molar-refractivity contribution is 9.10. The van der Waals surface area contributed by atoms with Crippen molar-refractivity contribution in [2.24, 2.45) is 0 Å². The van der Waals surface area contributed by atoms with Crippen LogP contribution in [0.5, 0.6) is 0 Å². The number of benzene rings is 1. The van der Waals surface area contributed by atoms with Crippen molar-refractivity contribution in [1.29, 1.82) is 0 Å². The Labute approximate surface area is 111 Å². The van der Waals surface area contributed by atoms with Crippen molar-refractivity contribution in [1.82, 2.24) is 0 Å². The SMILES string of the molecule is CCOC(=O)/C=C/CC(C)c1ccc(Br)cc1. The summed E-state index contributed by atoms with van der Waals surface area (Å²) >= 11 is 3.41. The summed E-state index contributed by atoms with van der Waals surface area (Å²) in [5.74, 6) is 0.129. The van der Waals surface area contributed by atoms with Crippen molar-refractivity contribution in [2.45, 2.75) is 26.2 Å². The minimum absolute atomic E-state index is 0.268. The summed E-state index contributed by atoms with van der Waals surface area (Å²) in [4.78, 5) is 11.1. The number of halogens is 1. The van der Waals surface area contributed by atoms with E-state index >= 15 is 0 Å². The summed E-state index contributed by atoms with van der Waals surface area (Å²) in [7, 11) is 0. The van der Waals surface area contributed by atoms with Crippen LogP contribution in [0.25, 0.3) is 0 Å². The number of allylic oxidation sites excluding steroid dienone is 1. The quantitative estimate of drug-likeness (QED) is 0.605. The lowest BCUT2D eigenvalue weighted by atomic mass is 9.98. The summed E-state index contributed by atoms with van der Waals surface area (Å²) in [6.07, 6.45) is 4.20. The van der Waals surface area contributed by atoms with Crippen LogP contribution in [0.4, 0.5) is 0 Å². The van der Waals surface area contributed by atoms with E-state index in [0.29, 0.717) is 12.5 Å². The molecular weight excluding hydrogens is 280 g/mol. The summed E-state index contributed by atoms with van der Waals surface area (Å²) in [6.45, 7) is 4.36. The highest BCUT2D eigenvalue weighted by Crippen LogP contribution is 2.21. The highest BCUT2D eigenvalue weighted by Gasteiger charge is 2.03. The number of carbonyl (C=O) groups is 1. The summed E-state index contributed by atoms with van der Waals surface area (Å²) in [5, 5.41) is 0. The van der Waals surface area contributed by atoms with E-state index in [2.05, 4.69) is 35.0 Å². The number of esters is 1. The van der Waals surface area contributed by atoms with Gasteiger partial charge in [0.05, 0.1) is 6.61 Å². The van der Waals surface area contributed by atoms with Crippen LogP contribution < -0.4 is 0 Å². The van der Waals surface area contributed by atoms with Gasteiger partial charge in [-0.15, -0.1) is 0 Å². The molecule has 0 aliphatic rings. The fraction of sp³-hybridized carbons (Fsp3) is 0.357. The second-order valence-corrected chi connectivity index (χ2v) is 4.76. The number of hydrogen-bond donors (Lipinski definition) is 0. The predicted molar refractivity (Wildman–Crippen MR) is 72.9 cm³/mol. The van der Waals surface area contributed by atoms with E-state index < -0.39 is 0 Å². The van der Waals surface area contributed by atoms with Crippen LogP contribution in [0.3, 0.4) is 0 Å². The molecule has 0 bridgehead atoms. The van der Waals surface area contributed by atoms with Gasteiger partial charge in [0, 0.05) is 10.5 Å². The van der Waals surface area contributed by atoms with Gasteiger partial charge in [-0.1, -0.05) is 41.1 Å². The number of carbonyl (C=O) groups excluding carboxylic acids is 1. The van der Waals surface area contributed by atoms with Crippen LogP contribution in [-0.2, 0) is 9.53 Å². The highest BCUT2D eigenvalue weighted by atomic mass is 79.9. The third-order valence-corrected chi connectivity index (χ3v) is 3.00. The van der Waals surface area contributed by atoms with E-state index in [1.54, 1.807) is 6.92 Å². The van der Waals surface area contributed by atoms with E-state index in [4.69, 9.17) is 4.74 Å². The van der Waals surface area contributed by atoms with Gasteiger partial charge in [0.1, 0.15) is 0 Å². The monoisotopic (exact) mass is 296 g/mol. The van der Waals surface area contributed by atoms with Gasteiger partial charge in [0.15, 0.2) is 0 Å². The minimum atomic E-state index is -0.268. The predicted octanol–water partition coefficient (Wildman–Crippen LogP) is 4.06. The van der Waals surface area contributed by atoms with E-state index in [9.17, 15) is 4.79 Å². The lowest BCUT2D eigenvalue weighted by Gasteiger charge is -2.08. The van der Waals surface area contributed by atoms with Gasteiger partial charge in [0.2, 0.25) is 0 Å². The first kappa shape index (κ1) is 14.0. The Hall–Kier alpha value is -1.09. The van der Waals surface area contributed by atoms with Gasteiger partial charge >= 0.3 is 5.97 Å². The molecule has 0 saturated carbocycles. The van der Waals surface area contributed by atoms with E-state index in [-0.39, 0.29) is 5.97 Å². The average Bonchev–Trinajstić information content (AvgIpc) is 2.30. The summed E-state index contributed by atoms with van der Waals surface area (Å²) in [5.41, 5.74) is 1.27. The molecule has 0 spiro atoms. The first-order valence-corrected chi connectivity index (χ1v) is 6.51. The van der Waals surface area contributed by atoms with Gasteiger partial charge in [-0.05, 0) is 37.0 Å². The maximum atomic E-state index is 11.1. The number of hydrogen-bond acceptors (Lipinski definition) is 2. The molecule has 0 N–H and O–H groups in total.